The first-order valence-corrected chi connectivity index (χ1v) is 5.08. The third kappa shape index (κ3) is 2.54. The van der Waals surface area contributed by atoms with Gasteiger partial charge >= 0.3 is 5.97 Å². The van der Waals surface area contributed by atoms with E-state index in [9.17, 15) is 4.79 Å². The summed E-state index contributed by atoms with van der Waals surface area (Å²) < 4.78 is 10.5. The highest BCUT2D eigenvalue weighted by Gasteiger charge is 2.11. The Morgan fingerprint density at radius 2 is 2.17 bits per heavy atom. The lowest BCUT2D eigenvalue weighted by Crippen LogP contribution is -1.87. The van der Waals surface area contributed by atoms with Crippen molar-refractivity contribution in [2.75, 3.05) is 7.11 Å². The molecular formula is C12H10N2O4. The molecule has 0 saturated heterocycles. The number of carboxylic acid groups (broad SMARTS) is 1. The van der Waals surface area contributed by atoms with E-state index in [1.165, 1.54) is 6.08 Å². The Morgan fingerprint density at radius 1 is 1.39 bits per heavy atom. The first-order chi connectivity index (χ1) is 8.70. The summed E-state index contributed by atoms with van der Waals surface area (Å²) in [7, 11) is 1.54. The van der Waals surface area contributed by atoms with Gasteiger partial charge in [-0.3, -0.25) is 0 Å². The summed E-state index contributed by atoms with van der Waals surface area (Å²) in [5, 5.41) is 16.0. The molecule has 2 rings (SSSR count). The van der Waals surface area contributed by atoms with Gasteiger partial charge in [-0.25, -0.2) is 4.79 Å². The Kier molecular flexibility index (Phi) is 3.38. The molecule has 0 aliphatic carbocycles. The van der Waals surface area contributed by atoms with Crippen molar-refractivity contribution in [3.8, 4) is 17.2 Å². The Hall–Kier alpha value is -2.63. The fraction of sp³-hybridized carbons (Fsp3) is 0.0833. The molecular weight excluding hydrogens is 236 g/mol. The second kappa shape index (κ2) is 5.13. The van der Waals surface area contributed by atoms with E-state index in [2.05, 4.69) is 10.2 Å². The summed E-state index contributed by atoms with van der Waals surface area (Å²) >= 11 is 0. The minimum Gasteiger partial charge on any atom is -0.496 e. The lowest BCUT2D eigenvalue weighted by Gasteiger charge is -2.02. The summed E-state index contributed by atoms with van der Waals surface area (Å²) in [4.78, 5) is 10.4. The zero-order valence-corrected chi connectivity index (χ0v) is 9.53. The van der Waals surface area contributed by atoms with Crippen LogP contribution < -0.4 is 4.74 Å². The van der Waals surface area contributed by atoms with Crippen molar-refractivity contribution in [2.45, 2.75) is 0 Å². The maximum absolute atomic E-state index is 10.4. The van der Waals surface area contributed by atoms with Crippen molar-refractivity contribution in [2.24, 2.45) is 0 Å². The SMILES string of the molecule is COc1ccccc1-c1nnc(/C=C/C(=O)O)o1. The van der Waals surface area contributed by atoms with E-state index in [0.29, 0.717) is 11.3 Å². The van der Waals surface area contributed by atoms with Crippen LogP contribution in [0.1, 0.15) is 5.89 Å². The van der Waals surface area contributed by atoms with Gasteiger partial charge < -0.3 is 14.3 Å². The Labute approximate surface area is 103 Å². The number of carboxylic acids is 1. The zero-order valence-electron chi connectivity index (χ0n) is 9.53. The molecule has 0 aliphatic heterocycles. The number of rotatable bonds is 4. The predicted molar refractivity (Wildman–Crippen MR) is 63.0 cm³/mol. The molecule has 0 unspecified atom stereocenters. The van der Waals surface area contributed by atoms with Crippen molar-refractivity contribution >= 4 is 12.0 Å². The average molecular weight is 246 g/mol. The van der Waals surface area contributed by atoms with Crippen LogP contribution in [0, 0.1) is 0 Å². The van der Waals surface area contributed by atoms with E-state index in [0.717, 1.165) is 6.08 Å². The van der Waals surface area contributed by atoms with Gasteiger partial charge in [0.1, 0.15) is 5.75 Å². The quantitative estimate of drug-likeness (QED) is 0.828. The molecule has 92 valence electrons. The van der Waals surface area contributed by atoms with E-state index >= 15 is 0 Å². The van der Waals surface area contributed by atoms with Crippen LogP contribution in [0.2, 0.25) is 0 Å². The molecule has 0 amide bonds. The predicted octanol–water partition coefficient (Wildman–Crippen LogP) is 1.84. The molecule has 1 aromatic heterocycles. The highest BCUT2D eigenvalue weighted by molar-refractivity contribution is 5.84. The molecule has 1 aromatic carbocycles. The van der Waals surface area contributed by atoms with Crippen molar-refractivity contribution in [3.63, 3.8) is 0 Å². The van der Waals surface area contributed by atoms with Gasteiger partial charge in [0.25, 0.3) is 5.89 Å². The number of ether oxygens (including phenoxy) is 1. The van der Waals surface area contributed by atoms with Crippen LogP contribution in [0.5, 0.6) is 5.75 Å². The van der Waals surface area contributed by atoms with Crippen LogP contribution in [-0.4, -0.2) is 28.4 Å². The van der Waals surface area contributed by atoms with Crippen LogP contribution in [0.15, 0.2) is 34.8 Å². The highest BCUT2D eigenvalue weighted by Crippen LogP contribution is 2.28. The van der Waals surface area contributed by atoms with E-state index in [1.807, 2.05) is 12.1 Å². The molecule has 6 heteroatoms. The molecule has 6 nitrogen and oxygen atoms in total. The van der Waals surface area contributed by atoms with Gasteiger partial charge in [0.2, 0.25) is 5.89 Å². The first kappa shape index (κ1) is 11.8. The molecule has 0 fully saturated rings. The summed E-state index contributed by atoms with van der Waals surface area (Å²) in [6, 6.07) is 7.18. The number of benzene rings is 1. The van der Waals surface area contributed by atoms with Crippen LogP contribution in [0.4, 0.5) is 0 Å². The molecule has 1 heterocycles. The van der Waals surface area contributed by atoms with Crippen LogP contribution >= 0.6 is 0 Å². The van der Waals surface area contributed by atoms with Crippen LogP contribution in [0.25, 0.3) is 17.5 Å². The zero-order chi connectivity index (χ0) is 13.0. The number of para-hydroxylation sites is 1. The fourth-order valence-electron chi connectivity index (χ4n) is 1.37. The smallest absolute Gasteiger partial charge is 0.328 e. The molecule has 0 saturated carbocycles. The molecule has 18 heavy (non-hydrogen) atoms. The van der Waals surface area contributed by atoms with Gasteiger partial charge in [0, 0.05) is 12.2 Å². The second-order valence-electron chi connectivity index (χ2n) is 3.32. The Bertz CT molecular complexity index is 589. The number of carbonyl (C=O) groups is 1. The lowest BCUT2D eigenvalue weighted by atomic mass is 10.2. The van der Waals surface area contributed by atoms with E-state index in [-0.39, 0.29) is 11.8 Å². The van der Waals surface area contributed by atoms with Gasteiger partial charge in [0.05, 0.1) is 12.7 Å². The third-order valence-electron chi connectivity index (χ3n) is 2.15. The minimum absolute atomic E-state index is 0.123. The molecule has 0 spiro atoms. The summed E-state index contributed by atoms with van der Waals surface area (Å²) in [5.41, 5.74) is 0.655. The van der Waals surface area contributed by atoms with E-state index in [1.54, 1.807) is 19.2 Å². The van der Waals surface area contributed by atoms with Crippen molar-refractivity contribution < 1.29 is 19.1 Å². The van der Waals surface area contributed by atoms with Gasteiger partial charge in [-0.1, -0.05) is 12.1 Å². The first-order valence-electron chi connectivity index (χ1n) is 5.08. The maximum Gasteiger partial charge on any atom is 0.328 e. The van der Waals surface area contributed by atoms with Gasteiger partial charge in [-0.15, -0.1) is 10.2 Å². The van der Waals surface area contributed by atoms with Crippen molar-refractivity contribution in [3.05, 3.63) is 36.2 Å². The van der Waals surface area contributed by atoms with Crippen LogP contribution in [-0.2, 0) is 4.79 Å². The largest absolute Gasteiger partial charge is 0.496 e. The highest BCUT2D eigenvalue weighted by atomic mass is 16.5. The normalized spacial score (nSPS) is 10.7. The van der Waals surface area contributed by atoms with Gasteiger partial charge in [-0.05, 0) is 12.1 Å². The lowest BCUT2D eigenvalue weighted by molar-refractivity contribution is -0.131. The number of aliphatic carboxylic acids is 1. The molecule has 1 N–H and O–H groups in total. The molecule has 0 atom stereocenters. The van der Waals surface area contributed by atoms with Crippen molar-refractivity contribution in [1.82, 2.24) is 10.2 Å². The topological polar surface area (TPSA) is 85.5 Å². The summed E-state index contributed by atoms with van der Waals surface area (Å²) in [6.07, 6.45) is 2.16. The Morgan fingerprint density at radius 3 is 2.89 bits per heavy atom. The Balaban J connectivity index is 2.32. The number of aromatic nitrogens is 2. The molecule has 2 aromatic rings. The second-order valence-corrected chi connectivity index (χ2v) is 3.32. The van der Waals surface area contributed by atoms with Crippen molar-refractivity contribution in [1.29, 1.82) is 0 Å². The molecule has 0 bridgehead atoms. The standard InChI is InChI=1S/C12H10N2O4/c1-17-9-5-3-2-4-8(9)12-14-13-10(18-12)6-7-11(15)16/h2-7H,1H3,(H,15,16)/b7-6+. The fourth-order valence-corrected chi connectivity index (χ4v) is 1.37. The summed E-state index contributed by atoms with van der Waals surface area (Å²) in [5.74, 6) is -0.0715. The maximum atomic E-state index is 10.4. The minimum atomic E-state index is -1.08. The van der Waals surface area contributed by atoms with Gasteiger partial charge in [0.15, 0.2) is 0 Å². The number of hydrogen-bond donors (Lipinski definition) is 1. The molecule has 0 aliphatic rings. The third-order valence-corrected chi connectivity index (χ3v) is 2.15. The number of nitrogens with zero attached hydrogens (tertiary/aromatic N) is 2. The monoisotopic (exact) mass is 246 g/mol. The summed E-state index contributed by atoms with van der Waals surface area (Å²) in [6.45, 7) is 0. The molecule has 0 radical (unpaired) electrons. The van der Waals surface area contributed by atoms with E-state index in [4.69, 9.17) is 14.3 Å². The van der Waals surface area contributed by atoms with E-state index < -0.39 is 5.97 Å². The number of hydrogen-bond acceptors (Lipinski definition) is 5. The van der Waals surface area contributed by atoms with Crippen LogP contribution in [0.3, 0.4) is 0 Å². The average Bonchev–Trinajstić information content (AvgIpc) is 2.85. The number of methoxy groups -OCH3 is 1. The van der Waals surface area contributed by atoms with Gasteiger partial charge in [-0.2, -0.15) is 0 Å².